The van der Waals surface area contributed by atoms with Crippen LogP contribution >= 0.6 is 11.6 Å². The molecule has 1 heterocycles. The highest BCUT2D eigenvalue weighted by Gasteiger charge is 2.27. The minimum atomic E-state index is -0.513. The number of halogens is 2. The van der Waals surface area contributed by atoms with Crippen LogP contribution in [-0.2, 0) is 4.79 Å². The highest BCUT2D eigenvalue weighted by Crippen LogP contribution is 2.21. The molecule has 2 aromatic carbocycles. The van der Waals surface area contributed by atoms with Gasteiger partial charge in [-0.05, 0) is 49.2 Å². The molecule has 1 aliphatic heterocycles. The van der Waals surface area contributed by atoms with Crippen molar-refractivity contribution < 1.29 is 18.7 Å². The second kappa shape index (κ2) is 9.52. The summed E-state index contributed by atoms with van der Waals surface area (Å²) in [6.07, 6.45) is 2.26. The predicted octanol–water partition coefficient (Wildman–Crippen LogP) is 3.49. The van der Waals surface area contributed by atoms with Crippen LogP contribution in [-0.4, -0.2) is 43.1 Å². The van der Waals surface area contributed by atoms with E-state index in [0.717, 1.165) is 0 Å². The van der Waals surface area contributed by atoms with Gasteiger partial charge in [-0.3, -0.25) is 9.59 Å². The minimum Gasteiger partial charge on any atom is -0.497 e. The number of amides is 2. The van der Waals surface area contributed by atoms with Crippen LogP contribution in [0.25, 0.3) is 0 Å². The molecule has 1 saturated heterocycles. The third-order valence-corrected chi connectivity index (χ3v) is 5.19. The summed E-state index contributed by atoms with van der Waals surface area (Å²) in [6, 6.07) is 11.2. The van der Waals surface area contributed by atoms with Crippen LogP contribution in [0.5, 0.6) is 5.75 Å². The second-order valence-corrected chi connectivity index (χ2v) is 7.07. The number of nitrogens with zero attached hydrogens (tertiary/aromatic N) is 2. The lowest BCUT2D eigenvalue weighted by atomic mass is 9.95. The first-order valence-corrected chi connectivity index (χ1v) is 9.57. The van der Waals surface area contributed by atoms with Crippen LogP contribution < -0.4 is 10.2 Å². The molecule has 0 spiro atoms. The quantitative estimate of drug-likeness (QED) is 0.598. The van der Waals surface area contributed by atoms with Crippen LogP contribution in [0.15, 0.2) is 47.6 Å². The average Bonchev–Trinajstić information content (AvgIpc) is 2.75. The summed E-state index contributed by atoms with van der Waals surface area (Å²) in [4.78, 5) is 26.6. The van der Waals surface area contributed by atoms with E-state index in [9.17, 15) is 14.0 Å². The zero-order chi connectivity index (χ0) is 20.8. The van der Waals surface area contributed by atoms with Crippen molar-refractivity contribution in [3.8, 4) is 5.75 Å². The van der Waals surface area contributed by atoms with Gasteiger partial charge in [-0.1, -0.05) is 17.7 Å². The fourth-order valence-corrected chi connectivity index (χ4v) is 3.36. The number of nitrogens with one attached hydrogen (secondary N) is 1. The molecule has 2 amide bonds. The van der Waals surface area contributed by atoms with E-state index in [0.29, 0.717) is 37.2 Å². The number of ether oxygens (including phenoxy) is 1. The zero-order valence-electron chi connectivity index (χ0n) is 15.9. The lowest BCUT2D eigenvalue weighted by molar-refractivity contribution is -0.126. The Morgan fingerprint density at radius 1 is 1.21 bits per heavy atom. The number of carbonyl (C=O) groups excluding carboxylic acids is 2. The molecule has 1 aliphatic rings. The predicted molar refractivity (Wildman–Crippen MR) is 109 cm³/mol. The van der Waals surface area contributed by atoms with Crippen molar-refractivity contribution in [3.05, 3.63) is 64.4 Å². The normalized spacial score (nSPS) is 14.8. The number of carbonyl (C=O) groups is 2. The van der Waals surface area contributed by atoms with E-state index in [2.05, 4.69) is 10.5 Å². The standard InChI is InChI=1S/C21H21ClFN3O3/c1-29-16-7-5-15(6-8-16)21(28)26-11-9-14(10-12-26)20(27)25-24-13-17-18(22)3-2-4-19(17)23/h2-8,13-14H,9-12H2,1H3,(H,25,27)/b24-13+. The summed E-state index contributed by atoms with van der Waals surface area (Å²) in [5.74, 6) is -0.415. The molecule has 0 atom stereocenters. The fourth-order valence-electron chi connectivity index (χ4n) is 3.15. The average molecular weight is 418 g/mol. The molecule has 0 aromatic heterocycles. The Balaban J connectivity index is 1.51. The van der Waals surface area contributed by atoms with Crippen molar-refractivity contribution in [2.45, 2.75) is 12.8 Å². The first kappa shape index (κ1) is 20.8. The Hall–Kier alpha value is -2.93. The molecule has 0 aliphatic carbocycles. The maximum absolute atomic E-state index is 13.7. The third kappa shape index (κ3) is 5.12. The van der Waals surface area contributed by atoms with E-state index in [-0.39, 0.29) is 28.3 Å². The number of hydrazone groups is 1. The summed E-state index contributed by atoms with van der Waals surface area (Å²) in [5.41, 5.74) is 3.13. The van der Waals surface area contributed by atoms with Gasteiger partial charge in [0.2, 0.25) is 5.91 Å². The van der Waals surface area contributed by atoms with Crippen LogP contribution in [0.2, 0.25) is 5.02 Å². The Bertz CT molecular complexity index is 890. The topological polar surface area (TPSA) is 71.0 Å². The maximum Gasteiger partial charge on any atom is 0.253 e. The maximum atomic E-state index is 13.7. The van der Waals surface area contributed by atoms with Crippen LogP contribution in [0.3, 0.4) is 0 Å². The third-order valence-electron chi connectivity index (χ3n) is 4.86. The molecule has 2 aromatic rings. The van der Waals surface area contributed by atoms with Crippen LogP contribution in [0.1, 0.15) is 28.8 Å². The Morgan fingerprint density at radius 2 is 1.90 bits per heavy atom. The zero-order valence-corrected chi connectivity index (χ0v) is 16.7. The molecule has 3 rings (SSSR count). The van der Waals surface area contributed by atoms with Crippen molar-refractivity contribution >= 4 is 29.6 Å². The van der Waals surface area contributed by atoms with Gasteiger partial charge < -0.3 is 9.64 Å². The molecule has 0 saturated carbocycles. The molecular formula is C21H21ClFN3O3. The van der Waals surface area contributed by atoms with E-state index in [4.69, 9.17) is 16.3 Å². The fraction of sp³-hybridized carbons (Fsp3) is 0.286. The van der Waals surface area contributed by atoms with Gasteiger partial charge >= 0.3 is 0 Å². The number of benzene rings is 2. The summed E-state index contributed by atoms with van der Waals surface area (Å²) >= 11 is 5.92. The van der Waals surface area contributed by atoms with Crippen molar-refractivity contribution in [1.29, 1.82) is 0 Å². The summed E-state index contributed by atoms with van der Waals surface area (Å²) in [7, 11) is 1.57. The molecule has 1 fully saturated rings. The number of likely N-dealkylation sites (tertiary alicyclic amines) is 1. The van der Waals surface area contributed by atoms with Crippen LogP contribution in [0, 0.1) is 11.7 Å². The van der Waals surface area contributed by atoms with E-state index < -0.39 is 5.82 Å². The van der Waals surface area contributed by atoms with E-state index >= 15 is 0 Å². The van der Waals surface area contributed by atoms with Gasteiger partial charge in [0.25, 0.3) is 5.91 Å². The Labute approximate surface area is 173 Å². The second-order valence-electron chi connectivity index (χ2n) is 6.66. The number of rotatable bonds is 5. The van der Waals surface area contributed by atoms with Gasteiger partial charge in [0, 0.05) is 30.1 Å². The number of methoxy groups -OCH3 is 1. The molecule has 1 N–H and O–H groups in total. The highest BCUT2D eigenvalue weighted by atomic mass is 35.5. The van der Waals surface area contributed by atoms with Gasteiger partial charge in [0.05, 0.1) is 18.3 Å². The molecule has 6 nitrogen and oxygen atoms in total. The first-order valence-electron chi connectivity index (χ1n) is 9.20. The van der Waals surface area contributed by atoms with Crippen LogP contribution in [0.4, 0.5) is 4.39 Å². The molecule has 29 heavy (non-hydrogen) atoms. The molecular weight excluding hydrogens is 397 g/mol. The van der Waals surface area contributed by atoms with Crippen molar-refractivity contribution in [1.82, 2.24) is 10.3 Å². The van der Waals surface area contributed by atoms with Gasteiger partial charge in [-0.25, -0.2) is 9.82 Å². The molecule has 0 bridgehead atoms. The first-order chi connectivity index (χ1) is 14.0. The largest absolute Gasteiger partial charge is 0.497 e. The van der Waals surface area contributed by atoms with E-state index in [1.165, 1.54) is 18.3 Å². The molecule has 0 unspecified atom stereocenters. The summed E-state index contributed by atoms with van der Waals surface area (Å²) in [6.45, 7) is 0.956. The van der Waals surface area contributed by atoms with Gasteiger partial charge in [-0.15, -0.1) is 0 Å². The lowest BCUT2D eigenvalue weighted by Crippen LogP contribution is -2.42. The number of hydrogen-bond acceptors (Lipinski definition) is 4. The van der Waals surface area contributed by atoms with Gasteiger partial charge in [-0.2, -0.15) is 5.10 Å². The number of hydrogen-bond donors (Lipinski definition) is 1. The Morgan fingerprint density at radius 3 is 2.52 bits per heavy atom. The number of piperidine rings is 1. The van der Waals surface area contributed by atoms with E-state index in [1.54, 1.807) is 42.3 Å². The van der Waals surface area contributed by atoms with Gasteiger partial charge in [0.15, 0.2) is 0 Å². The van der Waals surface area contributed by atoms with E-state index in [1.807, 2.05) is 0 Å². The summed E-state index contributed by atoms with van der Waals surface area (Å²) < 4.78 is 18.8. The molecule has 152 valence electrons. The smallest absolute Gasteiger partial charge is 0.253 e. The van der Waals surface area contributed by atoms with Gasteiger partial charge in [0.1, 0.15) is 11.6 Å². The minimum absolute atomic E-state index is 0.0706. The Kier molecular flexibility index (Phi) is 6.82. The monoisotopic (exact) mass is 417 g/mol. The SMILES string of the molecule is COc1ccc(C(=O)N2CCC(C(=O)N/N=C/c3c(F)cccc3Cl)CC2)cc1. The van der Waals surface area contributed by atoms with Crippen molar-refractivity contribution in [2.75, 3.05) is 20.2 Å². The molecule has 0 radical (unpaired) electrons. The summed E-state index contributed by atoms with van der Waals surface area (Å²) in [5, 5.41) is 4.03. The molecule has 8 heteroatoms. The van der Waals surface area contributed by atoms with Crippen molar-refractivity contribution in [2.24, 2.45) is 11.0 Å². The highest BCUT2D eigenvalue weighted by molar-refractivity contribution is 6.33. The van der Waals surface area contributed by atoms with Crippen molar-refractivity contribution in [3.63, 3.8) is 0 Å². The lowest BCUT2D eigenvalue weighted by Gasteiger charge is -2.31.